The predicted molar refractivity (Wildman–Crippen MR) is 86.4 cm³/mol. The Balaban J connectivity index is 1.89. The van der Waals surface area contributed by atoms with Gasteiger partial charge in [0.2, 0.25) is 10.0 Å². The Bertz CT molecular complexity index is 710. The molecule has 0 amide bonds. The Morgan fingerprint density at radius 2 is 1.76 bits per heavy atom. The summed E-state index contributed by atoms with van der Waals surface area (Å²) in [7, 11) is -3.84. The number of piperidine rings is 1. The number of alkyl halides is 3. The standard InChI is InChI=1S/C17H22F3NO3S/c1-13-4-6-15(7-5-13)25(22,23)21-11-14(24-17(18,19)20)10-16(12-21)8-2-3-9-16/h4-7,14H,2-3,8-12H2,1H3. The minimum atomic E-state index is -4.76. The van der Waals surface area contributed by atoms with Crippen molar-refractivity contribution in [3.8, 4) is 0 Å². The van der Waals surface area contributed by atoms with E-state index in [1.165, 1.54) is 16.4 Å². The molecule has 8 heteroatoms. The highest BCUT2D eigenvalue weighted by molar-refractivity contribution is 7.89. The zero-order valence-electron chi connectivity index (χ0n) is 14.1. The maximum Gasteiger partial charge on any atom is 0.522 e. The monoisotopic (exact) mass is 377 g/mol. The molecule has 4 nitrogen and oxygen atoms in total. The lowest BCUT2D eigenvalue weighted by atomic mass is 9.78. The highest BCUT2D eigenvalue weighted by Gasteiger charge is 2.48. The maximum atomic E-state index is 12.9. The lowest BCUT2D eigenvalue weighted by molar-refractivity contribution is -0.348. The number of benzene rings is 1. The Labute approximate surface area is 146 Å². The summed E-state index contributed by atoms with van der Waals surface area (Å²) in [4.78, 5) is 0.110. The van der Waals surface area contributed by atoms with Crippen molar-refractivity contribution in [1.82, 2.24) is 4.31 Å². The molecule has 0 N–H and O–H groups in total. The van der Waals surface area contributed by atoms with E-state index in [9.17, 15) is 21.6 Å². The predicted octanol–water partition coefficient (Wildman–Crippen LogP) is 3.85. The SMILES string of the molecule is Cc1ccc(S(=O)(=O)N2CC(OC(F)(F)F)CC3(CCCC3)C2)cc1. The van der Waals surface area contributed by atoms with E-state index < -0.39 is 27.9 Å². The molecule has 2 fully saturated rings. The van der Waals surface area contributed by atoms with Crippen molar-refractivity contribution in [2.24, 2.45) is 5.41 Å². The zero-order chi connectivity index (χ0) is 18.3. The molecule has 2 aliphatic rings. The molecule has 1 saturated carbocycles. The third-order valence-electron chi connectivity index (χ3n) is 5.20. The fourth-order valence-electron chi connectivity index (χ4n) is 4.08. The van der Waals surface area contributed by atoms with Crippen LogP contribution in [-0.4, -0.2) is 38.3 Å². The van der Waals surface area contributed by atoms with Gasteiger partial charge in [-0.25, -0.2) is 8.42 Å². The summed E-state index contributed by atoms with van der Waals surface area (Å²) >= 11 is 0. The zero-order valence-corrected chi connectivity index (χ0v) is 14.9. The fraction of sp³-hybridized carbons (Fsp3) is 0.647. The Morgan fingerprint density at radius 3 is 2.32 bits per heavy atom. The number of aryl methyl sites for hydroxylation is 1. The van der Waals surface area contributed by atoms with Crippen LogP contribution in [0.5, 0.6) is 0 Å². The molecule has 1 aliphatic carbocycles. The first-order valence-corrected chi connectivity index (χ1v) is 9.85. The van der Waals surface area contributed by atoms with Gasteiger partial charge >= 0.3 is 6.36 Å². The third kappa shape index (κ3) is 4.17. The summed E-state index contributed by atoms with van der Waals surface area (Å²) < 4.78 is 69.4. The molecule has 0 aromatic heterocycles. The largest absolute Gasteiger partial charge is 0.522 e. The average molecular weight is 377 g/mol. The summed E-state index contributed by atoms with van der Waals surface area (Å²) in [5.74, 6) is 0. The normalized spacial score (nSPS) is 24.7. The van der Waals surface area contributed by atoms with Gasteiger partial charge in [-0.05, 0) is 43.7 Å². The van der Waals surface area contributed by atoms with E-state index in [-0.39, 0.29) is 24.4 Å². The van der Waals surface area contributed by atoms with E-state index in [1.54, 1.807) is 12.1 Å². The summed E-state index contributed by atoms with van der Waals surface area (Å²) in [5, 5.41) is 0. The number of rotatable bonds is 3. The molecule has 0 bridgehead atoms. The number of ether oxygens (including phenoxy) is 1. The summed E-state index contributed by atoms with van der Waals surface area (Å²) in [5.41, 5.74) is 0.509. The van der Waals surface area contributed by atoms with Crippen molar-refractivity contribution in [1.29, 1.82) is 0 Å². The molecule has 0 radical (unpaired) electrons. The van der Waals surface area contributed by atoms with E-state index in [0.29, 0.717) is 0 Å². The average Bonchev–Trinajstić information content (AvgIpc) is 2.93. The molecule has 25 heavy (non-hydrogen) atoms. The first-order valence-electron chi connectivity index (χ1n) is 8.41. The molecule has 1 spiro atoms. The van der Waals surface area contributed by atoms with Crippen molar-refractivity contribution in [2.75, 3.05) is 13.1 Å². The van der Waals surface area contributed by atoms with Crippen LogP contribution in [0.3, 0.4) is 0 Å². The van der Waals surface area contributed by atoms with E-state index in [0.717, 1.165) is 31.2 Å². The second kappa shape index (κ2) is 6.55. The topological polar surface area (TPSA) is 46.6 Å². The second-order valence-electron chi connectivity index (χ2n) is 7.21. The molecule has 1 aromatic rings. The van der Waals surface area contributed by atoms with Gasteiger partial charge in [0.1, 0.15) is 0 Å². The molecule has 3 rings (SSSR count). The van der Waals surface area contributed by atoms with Crippen molar-refractivity contribution in [2.45, 2.75) is 56.4 Å². The van der Waals surface area contributed by atoms with Crippen molar-refractivity contribution >= 4 is 10.0 Å². The Morgan fingerprint density at radius 1 is 1.16 bits per heavy atom. The number of hydrogen-bond donors (Lipinski definition) is 0. The smallest absolute Gasteiger partial charge is 0.287 e. The molecule has 1 heterocycles. The quantitative estimate of drug-likeness (QED) is 0.804. The van der Waals surface area contributed by atoms with E-state index in [4.69, 9.17) is 0 Å². The molecule has 1 aromatic carbocycles. The van der Waals surface area contributed by atoms with Crippen molar-refractivity contribution < 1.29 is 26.3 Å². The third-order valence-corrected chi connectivity index (χ3v) is 7.03. The molecule has 1 saturated heterocycles. The van der Waals surface area contributed by atoms with Crippen LogP contribution in [0, 0.1) is 12.3 Å². The fourth-order valence-corrected chi connectivity index (χ4v) is 5.66. The van der Waals surface area contributed by atoms with Gasteiger partial charge in [-0.3, -0.25) is 4.74 Å². The van der Waals surface area contributed by atoms with Gasteiger partial charge in [0.25, 0.3) is 0 Å². The molecular weight excluding hydrogens is 355 g/mol. The van der Waals surface area contributed by atoms with E-state index in [2.05, 4.69) is 4.74 Å². The summed E-state index contributed by atoms with van der Waals surface area (Å²) in [6, 6.07) is 6.37. The Kier molecular flexibility index (Phi) is 4.89. The summed E-state index contributed by atoms with van der Waals surface area (Å²) in [6.45, 7) is 1.84. The number of sulfonamides is 1. The van der Waals surface area contributed by atoms with Crippen LogP contribution in [0.1, 0.15) is 37.7 Å². The van der Waals surface area contributed by atoms with Gasteiger partial charge < -0.3 is 0 Å². The van der Waals surface area contributed by atoms with Crippen LogP contribution >= 0.6 is 0 Å². The van der Waals surface area contributed by atoms with Gasteiger partial charge in [0.05, 0.1) is 11.0 Å². The summed E-state index contributed by atoms with van der Waals surface area (Å²) in [6.07, 6.45) is -2.36. The minimum Gasteiger partial charge on any atom is -0.287 e. The maximum absolute atomic E-state index is 12.9. The van der Waals surface area contributed by atoms with Gasteiger partial charge in [0, 0.05) is 13.1 Å². The van der Waals surface area contributed by atoms with Crippen LogP contribution in [0.4, 0.5) is 13.2 Å². The van der Waals surface area contributed by atoms with Gasteiger partial charge in [-0.1, -0.05) is 30.5 Å². The lowest BCUT2D eigenvalue weighted by Gasteiger charge is -2.43. The van der Waals surface area contributed by atoms with Crippen LogP contribution in [-0.2, 0) is 14.8 Å². The van der Waals surface area contributed by atoms with Crippen molar-refractivity contribution in [3.05, 3.63) is 29.8 Å². The van der Waals surface area contributed by atoms with Crippen LogP contribution in [0.2, 0.25) is 0 Å². The highest BCUT2D eigenvalue weighted by atomic mass is 32.2. The molecule has 1 unspecified atom stereocenters. The first-order chi connectivity index (χ1) is 11.6. The Hall–Kier alpha value is -1.12. The lowest BCUT2D eigenvalue weighted by Crippen LogP contribution is -2.52. The van der Waals surface area contributed by atoms with Gasteiger partial charge in [-0.15, -0.1) is 13.2 Å². The first kappa shape index (κ1) is 18.7. The van der Waals surface area contributed by atoms with Crippen LogP contribution in [0.15, 0.2) is 29.2 Å². The molecule has 140 valence electrons. The second-order valence-corrected chi connectivity index (χ2v) is 9.15. The van der Waals surface area contributed by atoms with Crippen LogP contribution in [0.25, 0.3) is 0 Å². The van der Waals surface area contributed by atoms with Gasteiger partial charge in [0.15, 0.2) is 0 Å². The number of hydrogen-bond acceptors (Lipinski definition) is 3. The number of nitrogens with zero attached hydrogens (tertiary/aromatic N) is 1. The molecular formula is C17H22F3NO3S. The van der Waals surface area contributed by atoms with Gasteiger partial charge in [-0.2, -0.15) is 4.31 Å². The van der Waals surface area contributed by atoms with E-state index in [1.807, 2.05) is 6.92 Å². The molecule has 1 aliphatic heterocycles. The highest BCUT2D eigenvalue weighted by Crippen LogP contribution is 2.47. The van der Waals surface area contributed by atoms with E-state index >= 15 is 0 Å². The van der Waals surface area contributed by atoms with Crippen LogP contribution < -0.4 is 0 Å². The minimum absolute atomic E-state index is 0.110. The van der Waals surface area contributed by atoms with Crippen molar-refractivity contribution in [3.63, 3.8) is 0 Å². The molecule has 1 atom stereocenters. The number of halogens is 3.